The van der Waals surface area contributed by atoms with Gasteiger partial charge in [-0.1, -0.05) is 0 Å². The van der Waals surface area contributed by atoms with Crippen molar-refractivity contribution < 1.29 is 14.3 Å². The summed E-state index contributed by atoms with van der Waals surface area (Å²) in [5.41, 5.74) is 0. The van der Waals surface area contributed by atoms with E-state index in [-0.39, 0.29) is 13.2 Å². The minimum Gasteiger partial charge on any atom is -0.442 e. The van der Waals surface area contributed by atoms with E-state index in [1.807, 2.05) is 0 Å². The lowest BCUT2D eigenvalue weighted by atomic mass is 10.7. The van der Waals surface area contributed by atoms with Gasteiger partial charge in [0.25, 0.3) is 0 Å². The standard InChI is InChI=1S/C5H6N2O3/c6-1-2-7-5(9)10-4-3-8/h3H,2,4H2,(H,7,9). The Kier molecular flexibility index (Phi) is 4.69. The highest BCUT2D eigenvalue weighted by molar-refractivity contribution is 5.69. The fourth-order valence-corrected chi connectivity index (χ4v) is 0.272. The van der Waals surface area contributed by atoms with Crippen LogP contribution in [0.4, 0.5) is 4.79 Å². The lowest BCUT2D eigenvalue weighted by Gasteiger charge is -1.97. The molecule has 1 amide bonds. The van der Waals surface area contributed by atoms with Crippen LogP contribution in [0.25, 0.3) is 0 Å². The van der Waals surface area contributed by atoms with Crippen LogP contribution in [0.3, 0.4) is 0 Å². The highest BCUT2D eigenvalue weighted by atomic mass is 16.5. The van der Waals surface area contributed by atoms with Gasteiger partial charge in [0, 0.05) is 0 Å². The molecule has 0 aromatic rings. The maximum atomic E-state index is 10.3. The summed E-state index contributed by atoms with van der Waals surface area (Å²) >= 11 is 0. The monoisotopic (exact) mass is 142 g/mol. The van der Waals surface area contributed by atoms with Crippen LogP contribution in [0, 0.1) is 11.3 Å². The van der Waals surface area contributed by atoms with E-state index in [9.17, 15) is 9.59 Å². The summed E-state index contributed by atoms with van der Waals surface area (Å²) in [5, 5.41) is 10.0. The number of nitrogens with zero attached hydrogens (tertiary/aromatic N) is 1. The normalized spacial score (nSPS) is 7.50. The highest BCUT2D eigenvalue weighted by Crippen LogP contribution is 1.72. The summed E-state index contributed by atoms with van der Waals surface area (Å²) in [4.78, 5) is 19.9. The first-order valence-corrected chi connectivity index (χ1v) is 2.52. The predicted octanol–water partition coefficient (Wildman–Crippen LogP) is -0.565. The molecule has 0 heterocycles. The third kappa shape index (κ3) is 4.59. The Balaban J connectivity index is 3.27. The fourth-order valence-electron chi connectivity index (χ4n) is 0.272. The number of hydrogen-bond donors (Lipinski definition) is 1. The zero-order valence-electron chi connectivity index (χ0n) is 5.16. The maximum absolute atomic E-state index is 10.3. The second-order valence-corrected chi connectivity index (χ2v) is 1.28. The smallest absolute Gasteiger partial charge is 0.408 e. The van der Waals surface area contributed by atoms with E-state index < -0.39 is 6.09 Å². The largest absolute Gasteiger partial charge is 0.442 e. The van der Waals surface area contributed by atoms with Gasteiger partial charge in [0.2, 0.25) is 0 Å². The molecular weight excluding hydrogens is 136 g/mol. The van der Waals surface area contributed by atoms with Crippen molar-refractivity contribution >= 4 is 12.4 Å². The molecule has 0 aliphatic carbocycles. The molecule has 0 saturated carbocycles. The number of nitrogens with one attached hydrogen (secondary N) is 1. The zero-order valence-corrected chi connectivity index (χ0v) is 5.16. The molecule has 0 bridgehead atoms. The number of carbonyl (C=O) groups excluding carboxylic acids is 2. The Bertz CT molecular complexity index is 161. The number of aldehydes is 1. The Morgan fingerprint density at radius 2 is 2.50 bits per heavy atom. The Morgan fingerprint density at radius 1 is 1.80 bits per heavy atom. The van der Waals surface area contributed by atoms with Gasteiger partial charge in [-0.05, 0) is 0 Å². The van der Waals surface area contributed by atoms with E-state index in [1.54, 1.807) is 6.07 Å². The van der Waals surface area contributed by atoms with Crippen LogP contribution < -0.4 is 5.32 Å². The van der Waals surface area contributed by atoms with Crippen molar-refractivity contribution in [2.24, 2.45) is 0 Å². The van der Waals surface area contributed by atoms with Crippen molar-refractivity contribution in [2.45, 2.75) is 0 Å². The Hall–Kier alpha value is -1.57. The number of amides is 1. The molecule has 0 atom stereocenters. The molecule has 0 fully saturated rings. The van der Waals surface area contributed by atoms with Gasteiger partial charge in [0.05, 0.1) is 6.07 Å². The first-order chi connectivity index (χ1) is 4.81. The minimum absolute atomic E-state index is 0.113. The summed E-state index contributed by atoms with van der Waals surface area (Å²) in [6.07, 6.45) is -0.306. The van der Waals surface area contributed by atoms with Gasteiger partial charge in [-0.15, -0.1) is 0 Å². The van der Waals surface area contributed by atoms with Crippen LogP contribution in [0.15, 0.2) is 0 Å². The zero-order chi connectivity index (χ0) is 7.82. The second-order valence-electron chi connectivity index (χ2n) is 1.28. The van der Waals surface area contributed by atoms with E-state index in [4.69, 9.17) is 5.26 Å². The Labute approximate surface area is 57.6 Å². The number of alkyl carbamates (subject to hydrolysis) is 1. The van der Waals surface area contributed by atoms with E-state index in [1.165, 1.54) is 0 Å². The summed E-state index contributed by atoms with van der Waals surface area (Å²) in [6.45, 7) is -0.394. The van der Waals surface area contributed by atoms with Crippen LogP contribution in [0.1, 0.15) is 0 Å². The molecule has 0 rings (SSSR count). The minimum atomic E-state index is -0.756. The first-order valence-electron chi connectivity index (χ1n) is 2.52. The molecule has 0 radical (unpaired) electrons. The molecule has 5 heteroatoms. The lowest BCUT2D eigenvalue weighted by Crippen LogP contribution is -2.24. The first kappa shape index (κ1) is 8.43. The molecule has 5 nitrogen and oxygen atoms in total. The third-order valence-corrected chi connectivity index (χ3v) is 0.594. The van der Waals surface area contributed by atoms with Crippen molar-refractivity contribution in [3.05, 3.63) is 0 Å². The summed E-state index contributed by atoms with van der Waals surface area (Å²) < 4.78 is 4.22. The van der Waals surface area contributed by atoms with E-state index >= 15 is 0 Å². The van der Waals surface area contributed by atoms with Gasteiger partial charge in [0.1, 0.15) is 13.2 Å². The SMILES string of the molecule is N#CCNC(=O)OCC=O. The van der Waals surface area contributed by atoms with E-state index in [0.717, 1.165) is 0 Å². The quantitative estimate of drug-likeness (QED) is 0.423. The number of carbonyl (C=O) groups is 2. The van der Waals surface area contributed by atoms with Gasteiger partial charge in [-0.3, -0.25) is 4.79 Å². The van der Waals surface area contributed by atoms with Crippen molar-refractivity contribution in [1.82, 2.24) is 5.32 Å². The van der Waals surface area contributed by atoms with Crippen LogP contribution in [-0.4, -0.2) is 25.5 Å². The molecule has 0 unspecified atom stereocenters. The molecule has 0 aliphatic heterocycles. The molecule has 0 aliphatic rings. The summed E-state index contributed by atoms with van der Waals surface area (Å²) in [5.74, 6) is 0. The molecule has 0 spiro atoms. The van der Waals surface area contributed by atoms with Gasteiger partial charge >= 0.3 is 6.09 Å². The van der Waals surface area contributed by atoms with E-state index in [2.05, 4.69) is 10.1 Å². The third-order valence-electron chi connectivity index (χ3n) is 0.594. The van der Waals surface area contributed by atoms with Crippen molar-refractivity contribution in [1.29, 1.82) is 5.26 Å². The molecular formula is C5H6N2O3. The molecule has 10 heavy (non-hydrogen) atoms. The van der Waals surface area contributed by atoms with Gasteiger partial charge in [0.15, 0.2) is 6.29 Å². The average Bonchev–Trinajstić information content (AvgIpc) is 1.97. The number of nitriles is 1. The predicted molar refractivity (Wildman–Crippen MR) is 31.0 cm³/mol. The van der Waals surface area contributed by atoms with Crippen molar-refractivity contribution in [2.75, 3.05) is 13.2 Å². The Morgan fingerprint density at radius 3 is 3.00 bits per heavy atom. The van der Waals surface area contributed by atoms with Crippen molar-refractivity contribution in [3.8, 4) is 6.07 Å². The molecule has 1 N–H and O–H groups in total. The van der Waals surface area contributed by atoms with E-state index in [0.29, 0.717) is 6.29 Å². The molecule has 0 aromatic carbocycles. The average molecular weight is 142 g/mol. The molecule has 0 saturated heterocycles. The van der Waals surface area contributed by atoms with Gasteiger partial charge < -0.3 is 10.1 Å². The second kappa shape index (κ2) is 5.56. The maximum Gasteiger partial charge on any atom is 0.408 e. The number of ether oxygens (including phenoxy) is 1. The summed E-state index contributed by atoms with van der Waals surface area (Å²) in [6, 6.07) is 1.67. The van der Waals surface area contributed by atoms with Crippen LogP contribution in [-0.2, 0) is 9.53 Å². The summed E-state index contributed by atoms with van der Waals surface area (Å²) in [7, 11) is 0. The topological polar surface area (TPSA) is 79.2 Å². The molecule has 54 valence electrons. The number of rotatable bonds is 3. The van der Waals surface area contributed by atoms with Gasteiger partial charge in [-0.2, -0.15) is 5.26 Å². The molecule has 0 aromatic heterocycles. The van der Waals surface area contributed by atoms with Crippen LogP contribution in [0.5, 0.6) is 0 Å². The lowest BCUT2D eigenvalue weighted by molar-refractivity contribution is -0.110. The van der Waals surface area contributed by atoms with Crippen LogP contribution >= 0.6 is 0 Å². The van der Waals surface area contributed by atoms with Crippen LogP contribution in [0.2, 0.25) is 0 Å². The highest BCUT2D eigenvalue weighted by Gasteiger charge is 1.96. The van der Waals surface area contributed by atoms with Crippen molar-refractivity contribution in [3.63, 3.8) is 0 Å². The fraction of sp³-hybridized carbons (Fsp3) is 0.400. The van der Waals surface area contributed by atoms with Gasteiger partial charge in [-0.25, -0.2) is 4.79 Å². The number of hydrogen-bond acceptors (Lipinski definition) is 4.